The van der Waals surface area contributed by atoms with Crippen LogP contribution in [0.5, 0.6) is 5.75 Å². The highest BCUT2D eigenvalue weighted by atomic mass is 35.5. The first-order valence-electron chi connectivity index (χ1n) is 7.82. The number of rotatable bonds is 5. The van der Waals surface area contributed by atoms with Gasteiger partial charge in [0, 0.05) is 17.0 Å². The van der Waals surface area contributed by atoms with Crippen LogP contribution < -0.4 is 4.74 Å². The standard InChI is InChI=1S/C21H17ClO2/c22-18-13-10-16(11-14-18)12-15-21(23)24-20-9-5-4-8-19(20)17-6-2-1-3-7-17/h1-11,13-14H,12,15H2. The molecule has 0 saturated heterocycles. The van der Waals surface area contributed by atoms with E-state index in [2.05, 4.69) is 0 Å². The topological polar surface area (TPSA) is 26.3 Å². The Morgan fingerprint density at radius 3 is 2.25 bits per heavy atom. The molecule has 0 fully saturated rings. The van der Waals surface area contributed by atoms with Crippen LogP contribution in [0.15, 0.2) is 78.9 Å². The van der Waals surface area contributed by atoms with E-state index in [1.165, 1.54) is 0 Å². The number of halogens is 1. The number of carbonyl (C=O) groups is 1. The summed E-state index contributed by atoms with van der Waals surface area (Å²) in [5, 5.41) is 0.693. The smallest absolute Gasteiger partial charge is 0.311 e. The molecule has 24 heavy (non-hydrogen) atoms. The molecular weight excluding hydrogens is 320 g/mol. The van der Waals surface area contributed by atoms with Crippen molar-refractivity contribution in [3.05, 3.63) is 89.4 Å². The van der Waals surface area contributed by atoms with Crippen LogP contribution in [0.2, 0.25) is 5.02 Å². The molecule has 0 heterocycles. The van der Waals surface area contributed by atoms with Crippen molar-refractivity contribution in [2.45, 2.75) is 12.8 Å². The van der Waals surface area contributed by atoms with E-state index in [0.29, 0.717) is 23.6 Å². The lowest BCUT2D eigenvalue weighted by atomic mass is 10.0. The van der Waals surface area contributed by atoms with Crippen LogP contribution in [0.4, 0.5) is 0 Å². The number of esters is 1. The van der Waals surface area contributed by atoms with Gasteiger partial charge in [-0.1, -0.05) is 72.3 Å². The maximum absolute atomic E-state index is 12.2. The van der Waals surface area contributed by atoms with Gasteiger partial charge in [-0.3, -0.25) is 4.79 Å². The maximum atomic E-state index is 12.2. The highest BCUT2D eigenvalue weighted by Gasteiger charge is 2.10. The average Bonchev–Trinajstić information content (AvgIpc) is 2.62. The molecule has 0 bridgehead atoms. The molecule has 0 unspecified atom stereocenters. The van der Waals surface area contributed by atoms with Crippen molar-refractivity contribution in [1.82, 2.24) is 0 Å². The van der Waals surface area contributed by atoms with Crippen LogP contribution >= 0.6 is 11.6 Å². The van der Waals surface area contributed by atoms with Crippen LogP contribution in [0.25, 0.3) is 11.1 Å². The molecule has 120 valence electrons. The summed E-state index contributed by atoms with van der Waals surface area (Å²) in [7, 11) is 0. The lowest BCUT2D eigenvalue weighted by Gasteiger charge is -2.10. The van der Waals surface area contributed by atoms with Gasteiger partial charge >= 0.3 is 5.97 Å². The Balaban J connectivity index is 1.67. The summed E-state index contributed by atoms with van der Waals surface area (Å²) in [4.78, 5) is 12.2. The van der Waals surface area contributed by atoms with Crippen molar-refractivity contribution in [2.24, 2.45) is 0 Å². The number of benzene rings is 3. The lowest BCUT2D eigenvalue weighted by molar-refractivity contribution is -0.134. The minimum Gasteiger partial charge on any atom is -0.426 e. The van der Waals surface area contributed by atoms with E-state index in [4.69, 9.17) is 16.3 Å². The Kier molecular flexibility index (Phi) is 5.29. The molecule has 0 amide bonds. The average molecular weight is 337 g/mol. The fourth-order valence-electron chi connectivity index (χ4n) is 2.48. The van der Waals surface area contributed by atoms with Gasteiger partial charge in [0.05, 0.1) is 0 Å². The quantitative estimate of drug-likeness (QED) is 0.451. The molecule has 0 atom stereocenters. The molecule has 0 saturated carbocycles. The van der Waals surface area contributed by atoms with E-state index in [1.54, 1.807) is 0 Å². The molecule has 0 aliphatic rings. The second-order valence-electron chi connectivity index (χ2n) is 5.46. The zero-order valence-corrected chi connectivity index (χ0v) is 13.9. The first kappa shape index (κ1) is 16.3. The van der Waals surface area contributed by atoms with Crippen molar-refractivity contribution >= 4 is 17.6 Å². The monoisotopic (exact) mass is 336 g/mol. The number of carbonyl (C=O) groups excluding carboxylic acids is 1. The molecule has 0 N–H and O–H groups in total. The lowest BCUT2D eigenvalue weighted by Crippen LogP contribution is -2.09. The predicted molar refractivity (Wildman–Crippen MR) is 97.3 cm³/mol. The molecule has 0 aromatic heterocycles. The van der Waals surface area contributed by atoms with Crippen molar-refractivity contribution in [2.75, 3.05) is 0 Å². The van der Waals surface area contributed by atoms with E-state index in [9.17, 15) is 4.79 Å². The summed E-state index contributed by atoms with van der Waals surface area (Å²) in [6, 6.07) is 25.0. The maximum Gasteiger partial charge on any atom is 0.311 e. The molecule has 0 radical (unpaired) electrons. The molecule has 0 aliphatic heterocycles. The van der Waals surface area contributed by atoms with E-state index in [-0.39, 0.29) is 5.97 Å². The van der Waals surface area contributed by atoms with Gasteiger partial charge in [-0.25, -0.2) is 0 Å². The minimum atomic E-state index is -0.242. The van der Waals surface area contributed by atoms with Gasteiger partial charge in [-0.05, 0) is 35.7 Å². The molecule has 3 heteroatoms. The largest absolute Gasteiger partial charge is 0.426 e. The Morgan fingerprint density at radius 1 is 0.833 bits per heavy atom. The van der Waals surface area contributed by atoms with Gasteiger partial charge in [0.15, 0.2) is 0 Å². The number of aryl methyl sites for hydroxylation is 1. The molecular formula is C21H17ClO2. The fourth-order valence-corrected chi connectivity index (χ4v) is 2.61. The van der Waals surface area contributed by atoms with Crippen LogP contribution in [-0.4, -0.2) is 5.97 Å². The van der Waals surface area contributed by atoms with Gasteiger partial charge in [0.2, 0.25) is 0 Å². The zero-order valence-electron chi connectivity index (χ0n) is 13.1. The van der Waals surface area contributed by atoms with Crippen LogP contribution in [0, 0.1) is 0 Å². The number of hydrogen-bond donors (Lipinski definition) is 0. The van der Waals surface area contributed by atoms with Gasteiger partial charge in [0.25, 0.3) is 0 Å². The molecule has 0 spiro atoms. The number of hydrogen-bond acceptors (Lipinski definition) is 2. The third-order valence-electron chi connectivity index (χ3n) is 3.73. The summed E-state index contributed by atoms with van der Waals surface area (Å²) in [5.74, 6) is 0.345. The molecule has 0 aliphatic carbocycles. The summed E-state index contributed by atoms with van der Waals surface area (Å²) in [6.45, 7) is 0. The third-order valence-corrected chi connectivity index (χ3v) is 3.98. The van der Waals surface area contributed by atoms with Gasteiger partial charge in [0.1, 0.15) is 5.75 Å². The summed E-state index contributed by atoms with van der Waals surface area (Å²) in [5.41, 5.74) is 3.00. The van der Waals surface area contributed by atoms with Crippen LogP contribution in [-0.2, 0) is 11.2 Å². The second-order valence-corrected chi connectivity index (χ2v) is 5.90. The van der Waals surface area contributed by atoms with E-state index < -0.39 is 0 Å². The van der Waals surface area contributed by atoms with Gasteiger partial charge in [-0.2, -0.15) is 0 Å². The minimum absolute atomic E-state index is 0.242. The Morgan fingerprint density at radius 2 is 1.50 bits per heavy atom. The van der Waals surface area contributed by atoms with Gasteiger partial charge < -0.3 is 4.74 Å². The Bertz CT molecular complexity index is 811. The second kappa shape index (κ2) is 7.80. The Labute approximate surface area is 146 Å². The summed E-state index contributed by atoms with van der Waals surface area (Å²) in [6.07, 6.45) is 0.953. The first-order valence-corrected chi connectivity index (χ1v) is 8.20. The van der Waals surface area contributed by atoms with E-state index in [1.807, 2.05) is 78.9 Å². The van der Waals surface area contributed by atoms with Gasteiger partial charge in [-0.15, -0.1) is 0 Å². The SMILES string of the molecule is O=C(CCc1ccc(Cl)cc1)Oc1ccccc1-c1ccccc1. The van der Waals surface area contributed by atoms with Crippen LogP contribution in [0.1, 0.15) is 12.0 Å². The van der Waals surface area contributed by atoms with Crippen molar-refractivity contribution in [3.63, 3.8) is 0 Å². The number of ether oxygens (including phenoxy) is 1. The number of para-hydroxylation sites is 1. The fraction of sp³-hybridized carbons (Fsp3) is 0.0952. The zero-order chi connectivity index (χ0) is 16.8. The predicted octanol–water partition coefficient (Wildman–Crippen LogP) is 5.55. The van der Waals surface area contributed by atoms with Crippen molar-refractivity contribution < 1.29 is 9.53 Å². The normalized spacial score (nSPS) is 10.4. The van der Waals surface area contributed by atoms with Crippen LogP contribution in [0.3, 0.4) is 0 Å². The third kappa shape index (κ3) is 4.24. The molecule has 2 nitrogen and oxygen atoms in total. The molecule has 3 rings (SSSR count). The van der Waals surface area contributed by atoms with Crippen molar-refractivity contribution in [1.29, 1.82) is 0 Å². The highest BCUT2D eigenvalue weighted by molar-refractivity contribution is 6.30. The summed E-state index contributed by atoms with van der Waals surface area (Å²) >= 11 is 5.87. The highest BCUT2D eigenvalue weighted by Crippen LogP contribution is 2.29. The first-order chi connectivity index (χ1) is 11.7. The molecule has 3 aromatic carbocycles. The van der Waals surface area contributed by atoms with Crippen molar-refractivity contribution in [3.8, 4) is 16.9 Å². The van der Waals surface area contributed by atoms with E-state index in [0.717, 1.165) is 16.7 Å². The Hall–Kier alpha value is -2.58. The van der Waals surface area contributed by atoms with E-state index >= 15 is 0 Å². The summed E-state index contributed by atoms with van der Waals surface area (Å²) < 4.78 is 5.58. The molecule has 3 aromatic rings.